The molecule has 0 atom stereocenters. The summed E-state index contributed by atoms with van der Waals surface area (Å²) in [5.74, 6) is 0.331. The molecule has 124 valence electrons. The summed E-state index contributed by atoms with van der Waals surface area (Å²) < 4.78 is 30.4. The predicted molar refractivity (Wildman–Crippen MR) is 87.7 cm³/mol. The third-order valence-corrected chi connectivity index (χ3v) is 3.90. The van der Waals surface area contributed by atoms with Crippen molar-refractivity contribution in [3.05, 3.63) is 24.3 Å². The molecule has 0 aromatic heterocycles. The van der Waals surface area contributed by atoms with Gasteiger partial charge in [0.1, 0.15) is 12.3 Å². The molecular formula is C15H24N2O4S. The number of sulfonamides is 1. The van der Waals surface area contributed by atoms with Gasteiger partial charge in [0.2, 0.25) is 15.9 Å². The molecule has 6 nitrogen and oxygen atoms in total. The summed E-state index contributed by atoms with van der Waals surface area (Å²) in [6.45, 7) is 6.05. The van der Waals surface area contributed by atoms with Gasteiger partial charge in [-0.25, -0.2) is 8.42 Å². The van der Waals surface area contributed by atoms with Crippen molar-refractivity contribution in [3.8, 4) is 5.75 Å². The first kappa shape index (κ1) is 18.3. The Morgan fingerprint density at radius 3 is 2.32 bits per heavy atom. The normalized spacial score (nSPS) is 11.3. The molecule has 0 aliphatic heterocycles. The Kier molecular flexibility index (Phi) is 6.67. The number of nitrogens with one attached hydrogen (secondary N) is 1. The number of carbonyl (C=O) groups excluding carboxylic acids is 1. The number of anilines is 1. The van der Waals surface area contributed by atoms with Gasteiger partial charge in [0.25, 0.3) is 0 Å². The molecule has 0 saturated carbocycles. The quantitative estimate of drug-likeness (QED) is 0.789. The lowest BCUT2D eigenvalue weighted by Crippen LogP contribution is -2.40. The van der Waals surface area contributed by atoms with Crippen LogP contribution in [0.3, 0.4) is 0 Å². The second-order valence-electron chi connectivity index (χ2n) is 5.28. The van der Waals surface area contributed by atoms with Crippen LogP contribution in [-0.2, 0) is 14.8 Å². The lowest BCUT2D eigenvalue weighted by Gasteiger charge is -2.22. The Bertz CT molecular complexity index is 582. The molecule has 1 amide bonds. The average Bonchev–Trinajstić information content (AvgIpc) is 2.42. The van der Waals surface area contributed by atoms with Crippen LogP contribution in [0.1, 0.15) is 27.2 Å². The van der Waals surface area contributed by atoms with Crippen LogP contribution in [0.15, 0.2) is 24.3 Å². The van der Waals surface area contributed by atoms with Crippen molar-refractivity contribution in [2.24, 2.45) is 0 Å². The van der Waals surface area contributed by atoms with E-state index in [1.54, 1.807) is 24.3 Å². The number of nitrogens with zero attached hydrogens (tertiary/aromatic N) is 1. The van der Waals surface area contributed by atoms with Crippen LogP contribution in [0.5, 0.6) is 5.75 Å². The van der Waals surface area contributed by atoms with Crippen LogP contribution in [0.2, 0.25) is 0 Å². The molecule has 0 fully saturated rings. The van der Waals surface area contributed by atoms with E-state index in [2.05, 4.69) is 5.32 Å². The Labute approximate surface area is 132 Å². The highest BCUT2D eigenvalue weighted by Gasteiger charge is 2.20. The lowest BCUT2D eigenvalue weighted by molar-refractivity contribution is -0.119. The summed E-state index contributed by atoms with van der Waals surface area (Å²) in [6, 6.07) is 6.65. The fraction of sp³-hybridized carbons (Fsp3) is 0.533. The maximum atomic E-state index is 11.9. The van der Waals surface area contributed by atoms with E-state index in [-0.39, 0.29) is 18.6 Å². The number of benzene rings is 1. The van der Waals surface area contributed by atoms with Gasteiger partial charge in [0.15, 0.2) is 0 Å². The van der Waals surface area contributed by atoms with E-state index in [9.17, 15) is 13.2 Å². The molecule has 0 heterocycles. The first-order chi connectivity index (χ1) is 10.2. The molecular weight excluding hydrogens is 304 g/mol. The molecule has 0 bridgehead atoms. The van der Waals surface area contributed by atoms with Gasteiger partial charge in [-0.1, -0.05) is 6.92 Å². The fourth-order valence-electron chi connectivity index (χ4n) is 1.81. The monoisotopic (exact) mass is 328 g/mol. The van der Waals surface area contributed by atoms with Gasteiger partial charge in [-0.3, -0.25) is 9.10 Å². The summed E-state index contributed by atoms with van der Waals surface area (Å²) in [4.78, 5) is 11.8. The summed E-state index contributed by atoms with van der Waals surface area (Å²) in [6.07, 6.45) is 1.92. The smallest absolute Gasteiger partial charge is 0.240 e. The maximum absolute atomic E-state index is 11.9. The molecule has 7 heteroatoms. The molecule has 1 aromatic carbocycles. The molecule has 0 radical (unpaired) electrons. The molecule has 0 spiro atoms. The van der Waals surface area contributed by atoms with Crippen molar-refractivity contribution < 1.29 is 17.9 Å². The second-order valence-corrected chi connectivity index (χ2v) is 7.19. The highest BCUT2D eigenvalue weighted by Crippen LogP contribution is 2.22. The zero-order valence-corrected chi connectivity index (χ0v) is 14.3. The molecule has 1 N–H and O–H groups in total. The largest absolute Gasteiger partial charge is 0.491 e. The Morgan fingerprint density at radius 1 is 1.27 bits per heavy atom. The predicted octanol–water partition coefficient (Wildman–Crippen LogP) is 1.77. The van der Waals surface area contributed by atoms with Gasteiger partial charge >= 0.3 is 0 Å². The minimum absolute atomic E-state index is 0.0386. The van der Waals surface area contributed by atoms with Gasteiger partial charge in [-0.2, -0.15) is 0 Å². The molecule has 1 rings (SSSR count). The van der Waals surface area contributed by atoms with E-state index in [4.69, 9.17) is 4.74 Å². The van der Waals surface area contributed by atoms with Crippen molar-refractivity contribution in [1.82, 2.24) is 5.32 Å². The average molecular weight is 328 g/mol. The van der Waals surface area contributed by atoms with Gasteiger partial charge < -0.3 is 10.1 Å². The SMILES string of the molecule is CCCNC(=O)CN(c1ccc(OC(C)C)cc1)S(C)(=O)=O. The van der Waals surface area contributed by atoms with E-state index in [0.29, 0.717) is 18.0 Å². The molecule has 22 heavy (non-hydrogen) atoms. The van der Waals surface area contributed by atoms with Crippen molar-refractivity contribution in [2.45, 2.75) is 33.3 Å². The molecule has 0 unspecified atom stereocenters. The summed E-state index contributed by atoms with van der Waals surface area (Å²) in [7, 11) is -3.54. The highest BCUT2D eigenvalue weighted by atomic mass is 32.2. The number of rotatable bonds is 8. The number of amides is 1. The minimum atomic E-state index is -3.54. The van der Waals surface area contributed by atoms with E-state index >= 15 is 0 Å². The Balaban J connectivity index is 2.91. The van der Waals surface area contributed by atoms with Gasteiger partial charge in [0, 0.05) is 6.54 Å². The third-order valence-electron chi connectivity index (χ3n) is 2.76. The van der Waals surface area contributed by atoms with E-state index < -0.39 is 10.0 Å². The number of carbonyl (C=O) groups is 1. The molecule has 0 aliphatic carbocycles. The first-order valence-electron chi connectivity index (χ1n) is 7.25. The lowest BCUT2D eigenvalue weighted by atomic mass is 10.3. The van der Waals surface area contributed by atoms with Crippen molar-refractivity contribution in [2.75, 3.05) is 23.7 Å². The van der Waals surface area contributed by atoms with E-state index in [0.717, 1.165) is 17.0 Å². The Hall–Kier alpha value is -1.76. The van der Waals surface area contributed by atoms with Gasteiger partial charge in [0.05, 0.1) is 18.0 Å². The zero-order chi connectivity index (χ0) is 16.8. The number of hydrogen-bond donors (Lipinski definition) is 1. The van der Waals surface area contributed by atoms with Crippen LogP contribution in [-0.4, -0.2) is 39.8 Å². The Morgan fingerprint density at radius 2 is 1.86 bits per heavy atom. The molecule has 0 aliphatic rings. The number of hydrogen-bond acceptors (Lipinski definition) is 4. The highest BCUT2D eigenvalue weighted by molar-refractivity contribution is 7.92. The minimum Gasteiger partial charge on any atom is -0.491 e. The molecule has 1 aromatic rings. The van der Waals surface area contributed by atoms with Crippen molar-refractivity contribution >= 4 is 21.6 Å². The van der Waals surface area contributed by atoms with Crippen LogP contribution >= 0.6 is 0 Å². The third kappa shape index (κ3) is 5.93. The van der Waals surface area contributed by atoms with Crippen LogP contribution < -0.4 is 14.4 Å². The fourth-order valence-corrected chi connectivity index (χ4v) is 2.67. The first-order valence-corrected chi connectivity index (χ1v) is 9.10. The van der Waals surface area contributed by atoms with Gasteiger partial charge in [-0.05, 0) is 44.5 Å². The van der Waals surface area contributed by atoms with E-state index in [1.165, 1.54) is 0 Å². The molecule has 0 saturated heterocycles. The summed E-state index contributed by atoms with van der Waals surface area (Å²) in [5, 5.41) is 2.67. The van der Waals surface area contributed by atoms with Crippen molar-refractivity contribution in [3.63, 3.8) is 0 Å². The summed E-state index contributed by atoms with van der Waals surface area (Å²) in [5.41, 5.74) is 0.435. The van der Waals surface area contributed by atoms with E-state index in [1.807, 2.05) is 20.8 Å². The van der Waals surface area contributed by atoms with Gasteiger partial charge in [-0.15, -0.1) is 0 Å². The number of ether oxygens (including phenoxy) is 1. The van der Waals surface area contributed by atoms with Crippen LogP contribution in [0, 0.1) is 0 Å². The van der Waals surface area contributed by atoms with Crippen LogP contribution in [0.4, 0.5) is 5.69 Å². The standard InChI is InChI=1S/C15H24N2O4S/c1-5-10-16-15(18)11-17(22(4,19)20)13-6-8-14(9-7-13)21-12(2)3/h6-9,12H,5,10-11H2,1-4H3,(H,16,18). The second kappa shape index (κ2) is 8.03. The van der Waals surface area contributed by atoms with Crippen molar-refractivity contribution in [1.29, 1.82) is 0 Å². The summed E-state index contributed by atoms with van der Waals surface area (Å²) >= 11 is 0. The van der Waals surface area contributed by atoms with Crippen LogP contribution in [0.25, 0.3) is 0 Å². The maximum Gasteiger partial charge on any atom is 0.240 e. The topological polar surface area (TPSA) is 75.7 Å². The zero-order valence-electron chi connectivity index (χ0n) is 13.5.